The highest BCUT2D eigenvalue weighted by atomic mass is 16.7. The Kier molecular flexibility index (Phi) is 3.98. The molecule has 0 aliphatic heterocycles. The van der Waals surface area contributed by atoms with Crippen LogP contribution in [0.15, 0.2) is 6.07 Å². The second-order valence-electron chi connectivity index (χ2n) is 5.28. The van der Waals surface area contributed by atoms with Crippen molar-refractivity contribution < 1.29 is 19.7 Å². The molecule has 0 radical (unpaired) electrons. The van der Waals surface area contributed by atoms with Crippen LogP contribution in [0.1, 0.15) is 54.7 Å². The lowest BCUT2D eigenvalue weighted by Crippen LogP contribution is -2.10. The molecule has 2 N–H and O–H groups in total. The molecule has 1 saturated carbocycles. The lowest BCUT2D eigenvalue weighted by atomic mass is 9.81. The number of rotatable bonds is 2. The first kappa shape index (κ1) is 13.7. The maximum atomic E-state index is 10.7. The highest BCUT2D eigenvalue weighted by molar-refractivity contribution is 5.65. The zero-order valence-electron chi connectivity index (χ0n) is 11.4. The zero-order chi connectivity index (χ0) is 14.0. The molecule has 1 aromatic rings. The van der Waals surface area contributed by atoms with Crippen LogP contribution in [0.4, 0.5) is 4.79 Å². The molecule has 104 valence electrons. The molecule has 0 amide bonds. The van der Waals surface area contributed by atoms with E-state index in [1.807, 2.05) is 13.8 Å². The van der Waals surface area contributed by atoms with Gasteiger partial charge in [-0.05, 0) is 49.8 Å². The van der Waals surface area contributed by atoms with Crippen LogP contribution in [0.3, 0.4) is 0 Å². The van der Waals surface area contributed by atoms with Crippen molar-refractivity contribution in [3.63, 3.8) is 0 Å². The first-order chi connectivity index (χ1) is 9.00. The number of aromatic hydroxyl groups is 1. The summed E-state index contributed by atoms with van der Waals surface area (Å²) in [5.74, 6) is 0.360. The smallest absolute Gasteiger partial charge is 0.504 e. The van der Waals surface area contributed by atoms with E-state index in [1.165, 1.54) is 6.42 Å². The van der Waals surface area contributed by atoms with Crippen LogP contribution < -0.4 is 4.74 Å². The predicted molar refractivity (Wildman–Crippen MR) is 72.1 cm³/mol. The van der Waals surface area contributed by atoms with Crippen molar-refractivity contribution >= 4 is 6.16 Å². The molecule has 0 bridgehead atoms. The lowest BCUT2D eigenvalue weighted by Gasteiger charge is -2.26. The molecule has 0 heterocycles. The van der Waals surface area contributed by atoms with Crippen molar-refractivity contribution in [1.82, 2.24) is 0 Å². The normalized spacial score (nSPS) is 16.3. The molecular weight excluding hydrogens is 244 g/mol. The van der Waals surface area contributed by atoms with Gasteiger partial charge in [0.2, 0.25) is 0 Å². The molecule has 4 heteroatoms. The SMILES string of the molecule is Cc1cc(OC(=O)O)c(O)c(C2CCCCC2)c1C. The first-order valence-corrected chi connectivity index (χ1v) is 6.74. The van der Waals surface area contributed by atoms with E-state index < -0.39 is 6.16 Å². The molecule has 19 heavy (non-hydrogen) atoms. The number of phenolic OH excluding ortho intramolecular Hbond substituents is 1. The summed E-state index contributed by atoms with van der Waals surface area (Å²) < 4.78 is 4.68. The molecule has 1 aromatic carbocycles. The number of carboxylic acid groups (broad SMARTS) is 1. The Bertz CT molecular complexity index is 487. The molecule has 0 aromatic heterocycles. The van der Waals surface area contributed by atoms with Gasteiger partial charge in [-0.1, -0.05) is 19.3 Å². The maximum Gasteiger partial charge on any atom is 0.511 e. The third kappa shape index (κ3) is 2.83. The second-order valence-corrected chi connectivity index (χ2v) is 5.28. The fourth-order valence-corrected chi connectivity index (χ4v) is 2.96. The van der Waals surface area contributed by atoms with Gasteiger partial charge in [-0.25, -0.2) is 4.79 Å². The summed E-state index contributed by atoms with van der Waals surface area (Å²) >= 11 is 0. The summed E-state index contributed by atoms with van der Waals surface area (Å²) in [5.41, 5.74) is 2.87. The van der Waals surface area contributed by atoms with E-state index in [0.29, 0.717) is 5.92 Å². The Morgan fingerprint density at radius 2 is 1.89 bits per heavy atom. The average molecular weight is 264 g/mol. The average Bonchev–Trinajstić information content (AvgIpc) is 2.37. The number of benzene rings is 1. The standard InChI is InChI=1S/C15H20O4/c1-9-8-12(19-15(17)18)14(16)13(10(9)2)11-6-4-3-5-7-11/h8,11,16H,3-7H2,1-2H3,(H,17,18). The van der Waals surface area contributed by atoms with Gasteiger partial charge in [0.05, 0.1) is 0 Å². The van der Waals surface area contributed by atoms with Gasteiger partial charge in [-0.15, -0.1) is 0 Å². The van der Waals surface area contributed by atoms with Gasteiger partial charge in [0.25, 0.3) is 0 Å². The van der Waals surface area contributed by atoms with Crippen LogP contribution in [0.5, 0.6) is 11.5 Å². The summed E-state index contributed by atoms with van der Waals surface area (Å²) in [5, 5.41) is 19.0. The zero-order valence-corrected chi connectivity index (χ0v) is 11.4. The van der Waals surface area contributed by atoms with E-state index in [4.69, 9.17) is 5.11 Å². The van der Waals surface area contributed by atoms with E-state index >= 15 is 0 Å². The monoisotopic (exact) mass is 264 g/mol. The highest BCUT2D eigenvalue weighted by Crippen LogP contribution is 2.44. The number of carbonyl (C=O) groups is 1. The molecule has 0 spiro atoms. The Balaban J connectivity index is 2.45. The molecule has 0 saturated heterocycles. The van der Waals surface area contributed by atoms with E-state index in [2.05, 4.69) is 4.74 Å². The molecule has 0 unspecified atom stereocenters. The van der Waals surface area contributed by atoms with Crippen molar-refractivity contribution in [3.05, 3.63) is 22.8 Å². The van der Waals surface area contributed by atoms with Gasteiger partial charge < -0.3 is 14.9 Å². The largest absolute Gasteiger partial charge is 0.511 e. The Hall–Kier alpha value is -1.71. The van der Waals surface area contributed by atoms with Crippen molar-refractivity contribution in [3.8, 4) is 11.5 Å². The van der Waals surface area contributed by atoms with E-state index in [1.54, 1.807) is 6.07 Å². The van der Waals surface area contributed by atoms with Crippen molar-refractivity contribution in [1.29, 1.82) is 0 Å². The van der Waals surface area contributed by atoms with E-state index in [0.717, 1.165) is 42.4 Å². The number of hydrogen-bond acceptors (Lipinski definition) is 3. The molecule has 1 aliphatic rings. The topological polar surface area (TPSA) is 66.8 Å². The van der Waals surface area contributed by atoms with Crippen LogP contribution >= 0.6 is 0 Å². The quantitative estimate of drug-likeness (QED) is 0.623. The van der Waals surface area contributed by atoms with Crippen LogP contribution in [0.2, 0.25) is 0 Å². The summed E-state index contributed by atoms with van der Waals surface area (Å²) in [7, 11) is 0. The van der Waals surface area contributed by atoms with Gasteiger partial charge >= 0.3 is 6.16 Å². The van der Waals surface area contributed by atoms with Crippen LogP contribution in [0.25, 0.3) is 0 Å². The third-order valence-corrected chi connectivity index (χ3v) is 4.04. The van der Waals surface area contributed by atoms with Crippen LogP contribution in [-0.4, -0.2) is 16.4 Å². The Morgan fingerprint density at radius 3 is 2.47 bits per heavy atom. The van der Waals surface area contributed by atoms with Gasteiger partial charge in [0.1, 0.15) is 0 Å². The third-order valence-electron chi connectivity index (χ3n) is 4.04. The van der Waals surface area contributed by atoms with Crippen molar-refractivity contribution in [2.24, 2.45) is 0 Å². The summed E-state index contributed by atoms with van der Waals surface area (Å²) in [6.45, 7) is 3.89. The van der Waals surface area contributed by atoms with Gasteiger partial charge in [-0.3, -0.25) is 0 Å². The Labute approximate surface area is 113 Å². The number of hydrogen-bond donors (Lipinski definition) is 2. The minimum atomic E-state index is -1.40. The molecule has 1 fully saturated rings. The fourth-order valence-electron chi connectivity index (χ4n) is 2.96. The molecule has 2 rings (SSSR count). The summed E-state index contributed by atoms with van der Waals surface area (Å²) in [6, 6.07) is 1.59. The second kappa shape index (κ2) is 5.51. The highest BCUT2D eigenvalue weighted by Gasteiger charge is 2.24. The van der Waals surface area contributed by atoms with Gasteiger partial charge in [0.15, 0.2) is 11.5 Å². The van der Waals surface area contributed by atoms with E-state index in [9.17, 15) is 9.90 Å². The first-order valence-electron chi connectivity index (χ1n) is 6.74. The van der Waals surface area contributed by atoms with Crippen molar-refractivity contribution in [2.45, 2.75) is 51.9 Å². The molecule has 4 nitrogen and oxygen atoms in total. The maximum absolute atomic E-state index is 10.7. The molecular formula is C15H20O4. The Morgan fingerprint density at radius 1 is 1.26 bits per heavy atom. The molecule has 1 aliphatic carbocycles. The van der Waals surface area contributed by atoms with Crippen LogP contribution in [0, 0.1) is 13.8 Å². The summed E-state index contributed by atoms with van der Waals surface area (Å²) in [4.78, 5) is 10.7. The number of ether oxygens (including phenoxy) is 1. The predicted octanol–water partition coefficient (Wildman–Crippen LogP) is 4.11. The minimum absolute atomic E-state index is 0.00241. The minimum Gasteiger partial charge on any atom is -0.504 e. The fraction of sp³-hybridized carbons (Fsp3) is 0.533. The number of phenols is 1. The van der Waals surface area contributed by atoms with Crippen molar-refractivity contribution in [2.75, 3.05) is 0 Å². The van der Waals surface area contributed by atoms with E-state index in [-0.39, 0.29) is 11.5 Å². The van der Waals surface area contributed by atoms with Gasteiger partial charge in [0, 0.05) is 5.56 Å². The lowest BCUT2D eigenvalue weighted by molar-refractivity contribution is 0.142. The number of aryl methyl sites for hydroxylation is 1. The van der Waals surface area contributed by atoms with Gasteiger partial charge in [-0.2, -0.15) is 0 Å². The van der Waals surface area contributed by atoms with Crippen LogP contribution in [-0.2, 0) is 0 Å². The molecule has 0 atom stereocenters. The summed E-state index contributed by atoms with van der Waals surface area (Å²) in [6.07, 6.45) is 4.25.